The van der Waals surface area contributed by atoms with Crippen LogP contribution < -0.4 is 5.73 Å². The van der Waals surface area contributed by atoms with Gasteiger partial charge in [0.05, 0.1) is 0 Å². The molecule has 3 atom stereocenters. The maximum atomic E-state index is 6.13. The van der Waals surface area contributed by atoms with Crippen LogP contribution in [-0.2, 0) is 6.42 Å². The molecule has 0 aromatic heterocycles. The van der Waals surface area contributed by atoms with Crippen molar-refractivity contribution in [3.8, 4) is 0 Å². The van der Waals surface area contributed by atoms with Gasteiger partial charge in [-0.3, -0.25) is 4.90 Å². The lowest BCUT2D eigenvalue weighted by molar-refractivity contribution is 0.114. The van der Waals surface area contributed by atoms with Gasteiger partial charge in [-0.15, -0.1) is 0 Å². The van der Waals surface area contributed by atoms with Gasteiger partial charge in [-0.05, 0) is 68.0 Å². The molecule has 2 aliphatic rings. The minimum absolute atomic E-state index is 0.574. The predicted octanol–water partition coefficient (Wildman–Crippen LogP) is 3.78. The van der Waals surface area contributed by atoms with Crippen molar-refractivity contribution in [2.24, 2.45) is 11.7 Å². The zero-order chi connectivity index (χ0) is 14.1. The second kappa shape index (κ2) is 6.05. The van der Waals surface area contributed by atoms with Gasteiger partial charge in [-0.2, -0.15) is 0 Å². The molecule has 0 spiro atoms. The molecule has 2 nitrogen and oxygen atoms in total. The molecular formula is C17H25ClN2. The summed E-state index contributed by atoms with van der Waals surface area (Å²) in [4.78, 5) is 2.71. The lowest BCUT2D eigenvalue weighted by atomic mass is 9.98. The van der Waals surface area contributed by atoms with Gasteiger partial charge in [0, 0.05) is 17.1 Å². The highest BCUT2D eigenvalue weighted by atomic mass is 35.5. The molecule has 3 heteroatoms. The van der Waals surface area contributed by atoms with E-state index in [2.05, 4.69) is 24.0 Å². The highest BCUT2D eigenvalue weighted by Gasteiger charge is 2.36. The molecule has 0 heterocycles. The average Bonchev–Trinajstić information content (AvgIpc) is 3.07. The smallest absolute Gasteiger partial charge is 0.0408 e. The molecule has 2 N–H and O–H groups in total. The maximum absolute atomic E-state index is 6.13. The van der Waals surface area contributed by atoms with Gasteiger partial charge in [0.1, 0.15) is 0 Å². The van der Waals surface area contributed by atoms with Gasteiger partial charge in [-0.1, -0.05) is 31.0 Å². The first kappa shape index (κ1) is 14.4. The first-order valence-corrected chi connectivity index (χ1v) is 8.36. The molecular weight excluding hydrogens is 268 g/mol. The van der Waals surface area contributed by atoms with Gasteiger partial charge in [0.25, 0.3) is 0 Å². The van der Waals surface area contributed by atoms with Gasteiger partial charge in [0.15, 0.2) is 0 Å². The summed E-state index contributed by atoms with van der Waals surface area (Å²) in [6.45, 7) is 4.25. The summed E-state index contributed by atoms with van der Waals surface area (Å²) < 4.78 is 0. The van der Waals surface area contributed by atoms with Crippen molar-refractivity contribution in [1.82, 2.24) is 4.90 Å². The Balaban J connectivity index is 1.85. The van der Waals surface area contributed by atoms with Crippen molar-refractivity contribution < 1.29 is 0 Å². The van der Waals surface area contributed by atoms with Crippen LogP contribution in [0.25, 0.3) is 0 Å². The van der Waals surface area contributed by atoms with E-state index >= 15 is 0 Å². The number of fused-ring (bicyclic) bond motifs is 1. The highest BCUT2D eigenvalue weighted by molar-refractivity contribution is 6.30. The van der Waals surface area contributed by atoms with Gasteiger partial charge >= 0.3 is 0 Å². The topological polar surface area (TPSA) is 29.3 Å². The minimum Gasteiger partial charge on any atom is -0.330 e. The number of benzene rings is 1. The number of nitrogens with zero attached hydrogens (tertiary/aromatic N) is 1. The Morgan fingerprint density at radius 1 is 1.30 bits per heavy atom. The number of hydrogen-bond donors (Lipinski definition) is 1. The van der Waals surface area contributed by atoms with E-state index in [0.29, 0.717) is 18.0 Å². The van der Waals surface area contributed by atoms with E-state index in [9.17, 15) is 0 Å². The van der Waals surface area contributed by atoms with Crippen molar-refractivity contribution in [3.63, 3.8) is 0 Å². The normalized spacial score (nSPS) is 29.1. The number of hydrogen-bond acceptors (Lipinski definition) is 2. The fourth-order valence-electron chi connectivity index (χ4n) is 4.32. The Morgan fingerprint density at radius 3 is 2.90 bits per heavy atom. The number of nitrogens with two attached hydrogens (primary N) is 1. The van der Waals surface area contributed by atoms with Crippen molar-refractivity contribution in [3.05, 3.63) is 34.3 Å². The molecule has 0 bridgehead atoms. The summed E-state index contributed by atoms with van der Waals surface area (Å²) in [5, 5.41) is 0.869. The first-order chi connectivity index (χ1) is 9.74. The van der Waals surface area contributed by atoms with E-state index in [-0.39, 0.29) is 0 Å². The van der Waals surface area contributed by atoms with Crippen molar-refractivity contribution in [2.75, 3.05) is 13.1 Å². The fraction of sp³-hybridized carbons (Fsp3) is 0.647. The second-order valence-electron chi connectivity index (χ2n) is 6.22. The monoisotopic (exact) mass is 292 g/mol. The van der Waals surface area contributed by atoms with E-state index < -0.39 is 0 Å². The van der Waals surface area contributed by atoms with E-state index in [4.69, 9.17) is 17.3 Å². The molecule has 1 aromatic rings. The summed E-state index contributed by atoms with van der Waals surface area (Å²) >= 11 is 6.13. The number of halogens is 1. The van der Waals surface area contributed by atoms with Crippen LogP contribution in [0.3, 0.4) is 0 Å². The van der Waals surface area contributed by atoms with Crippen LogP contribution in [0.2, 0.25) is 5.02 Å². The van der Waals surface area contributed by atoms with E-state index in [1.54, 1.807) is 0 Å². The molecule has 3 unspecified atom stereocenters. The molecule has 0 aliphatic heterocycles. The van der Waals surface area contributed by atoms with Crippen LogP contribution in [0.15, 0.2) is 18.2 Å². The highest BCUT2D eigenvalue weighted by Crippen LogP contribution is 2.41. The summed E-state index contributed by atoms with van der Waals surface area (Å²) in [6.07, 6.45) is 6.35. The molecule has 1 aromatic carbocycles. The van der Waals surface area contributed by atoms with Crippen LogP contribution in [0.1, 0.15) is 49.8 Å². The SMILES string of the molecule is CCN(C1CCc2cc(Cl)ccc21)C1CCCC1CN. The molecule has 0 saturated heterocycles. The van der Waals surface area contributed by atoms with Crippen LogP contribution in [0, 0.1) is 5.92 Å². The Kier molecular flexibility index (Phi) is 4.34. The fourth-order valence-corrected chi connectivity index (χ4v) is 4.52. The van der Waals surface area contributed by atoms with Crippen LogP contribution in [0.4, 0.5) is 0 Å². The van der Waals surface area contributed by atoms with Crippen molar-refractivity contribution in [2.45, 2.75) is 51.1 Å². The summed E-state index contributed by atoms with van der Waals surface area (Å²) in [5.74, 6) is 0.686. The minimum atomic E-state index is 0.574. The quantitative estimate of drug-likeness (QED) is 0.915. The zero-order valence-corrected chi connectivity index (χ0v) is 13.1. The van der Waals surface area contributed by atoms with Crippen LogP contribution in [0.5, 0.6) is 0 Å². The van der Waals surface area contributed by atoms with E-state index in [1.165, 1.54) is 36.8 Å². The lowest BCUT2D eigenvalue weighted by Crippen LogP contribution is -2.42. The van der Waals surface area contributed by atoms with E-state index in [0.717, 1.165) is 24.5 Å². The van der Waals surface area contributed by atoms with E-state index in [1.807, 2.05) is 6.07 Å². The van der Waals surface area contributed by atoms with Crippen molar-refractivity contribution >= 4 is 11.6 Å². The lowest BCUT2D eigenvalue weighted by Gasteiger charge is -2.37. The predicted molar refractivity (Wildman–Crippen MR) is 85.1 cm³/mol. The van der Waals surface area contributed by atoms with Crippen LogP contribution in [-0.4, -0.2) is 24.0 Å². The molecule has 1 saturated carbocycles. The third-order valence-corrected chi connectivity index (χ3v) is 5.50. The summed E-state index contributed by atoms with van der Waals surface area (Å²) in [5.41, 5.74) is 8.93. The third-order valence-electron chi connectivity index (χ3n) is 5.26. The molecule has 3 rings (SSSR count). The standard InChI is InChI=1S/C17H25ClN2/c1-2-20(16-5-3-4-13(16)11-19)17-9-6-12-10-14(18)7-8-15(12)17/h7-8,10,13,16-17H,2-6,9,11,19H2,1H3. The molecule has 110 valence electrons. The largest absolute Gasteiger partial charge is 0.330 e. The zero-order valence-electron chi connectivity index (χ0n) is 12.3. The summed E-state index contributed by atoms with van der Waals surface area (Å²) in [6, 6.07) is 7.69. The second-order valence-corrected chi connectivity index (χ2v) is 6.66. The number of aryl methyl sites for hydroxylation is 1. The Bertz CT molecular complexity index is 474. The van der Waals surface area contributed by atoms with Gasteiger partial charge in [0.2, 0.25) is 0 Å². The molecule has 0 amide bonds. The molecule has 0 radical (unpaired) electrons. The average molecular weight is 293 g/mol. The van der Waals surface area contributed by atoms with Crippen LogP contribution >= 0.6 is 11.6 Å². The van der Waals surface area contributed by atoms with Gasteiger partial charge < -0.3 is 5.73 Å². The van der Waals surface area contributed by atoms with Crippen molar-refractivity contribution in [1.29, 1.82) is 0 Å². The first-order valence-electron chi connectivity index (χ1n) is 7.98. The maximum Gasteiger partial charge on any atom is 0.0408 e. The Hall–Kier alpha value is -0.570. The molecule has 1 fully saturated rings. The molecule has 20 heavy (non-hydrogen) atoms. The third kappa shape index (κ3) is 2.49. The Morgan fingerprint density at radius 2 is 2.15 bits per heavy atom. The molecule has 2 aliphatic carbocycles. The van der Waals surface area contributed by atoms with Gasteiger partial charge in [-0.25, -0.2) is 0 Å². The Labute approximate surface area is 127 Å². The number of rotatable bonds is 4. The summed E-state index contributed by atoms with van der Waals surface area (Å²) in [7, 11) is 0.